The van der Waals surface area contributed by atoms with E-state index in [0.717, 1.165) is 54.6 Å². The summed E-state index contributed by atoms with van der Waals surface area (Å²) >= 11 is 0. The van der Waals surface area contributed by atoms with Crippen molar-refractivity contribution < 1.29 is 24.6 Å². The standard InChI is InChI=1S/C37H47N11O5/c1-20-32-25(17-40-48(32)23-18-47(19-23)37(52,53)29-13-7-12-27(43-29)36(51)45(2)3)24-10-6-11-26(33(24)46(20)4)42-28(16-30(38)44-34(49)21-14-15-21)31(39)35(50)41-22-8-5-9-22/h6-7,10-13,16-17,20-23,42,52-53H,5,8-9,14-15,18-19,38-39H2,1-4H3,(H,41,50)(H,44,49)/b30-16+,31-28+. The highest BCUT2D eigenvalue weighted by Gasteiger charge is 2.46. The molecule has 53 heavy (non-hydrogen) atoms. The van der Waals surface area contributed by atoms with Crippen LogP contribution in [-0.2, 0) is 15.5 Å². The first-order valence-corrected chi connectivity index (χ1v) is 17.9. The largest absolute Gasteiger partial charge is 0.393 e. The van der Waals surface area contributed by atoms with Gasteiger partial charge in [-0.2, -0.15) is 5.10 Å². The number of hydrogen-bond acceptors (Lipinski definition) is 12. The van der Waals surface area contributed by atoms with Crippen molar-refractivity contribution in [3.05, 3.63) is 83.0 Å². The predicted molar refractivity (Wildman–Crippen MR) is 197 cm³/mol. The summed E-state index contributed by atoms with van der Waals surface area (Å²) in [5.41, 5.74) is 17.3. The molecule has 0 spiro atoms. The second kappa shape index (κ2) is 13.8. The summed E-state index contributed by atoms with van der Waals surface area (Å²) in [6.07, 6.45) is 7.78. The third-order valence-electron chi connectivity index (χ3n) is 10.6. The minimum absolute atomic E-state index is 0.0373. The number of allylic oxidation sites excluding steroid dienone is 1. The third-order valence-corrected chi connectivity index (χ3v) is 10.6. The zero-order chi connectivity index (χ0) is 37.8. The van der Waals surface area contributed by atoms with Gasteiger partial charge in [-0.25, -0.2) is 9.88 Å². The third kappa shape index (κ3) is 6.80. The average molecular weight is 726 g/mol. The van der Waals surface area contributed by atoms with Crippen molar-refractivity contribution in [3.63, 3.8) is 0 Å². The second-order valence-electron chi connectivity index (χ2n) is 14.6. The number of hydrogen-bond donors (Lipinski definition) is 7. The van der Waals surface area contributed by atoms with Crippen LogP contribution >= 0.6 is 0 Å². The first kappa shape index (κ1) is 35.9. The summed E-state index contributed by atoms with van der Waals surface area (Å²) in [4.78, 5) is 47.4. The van der Waals surface area contributed by atoms with Crippen LogP contribution in [0.1, 0.15) is 73.0 Å². The van der Waals surface area contributed by atoms with Gasteiger partial charge in [0, 0.05) is 63.4 Å². The molecule has 3 aromatic rings. The van der Waals surface area contributed by atoms with Crippen LogP contribution in [0.2, 0.25) is 0 Å². The molecule has 4 heterocycles. The lowest BCUT2D eigenvalue weighted by Crippen LogP contribution is -2.59. The zero-order valence-electron chi connectivity index (χ0n) is 30.3. The first-order valence-electron chi connectivity index (χ1n) is 17.9. The van der Waals surface area contributed by atoms with Crippen molar-refractivity contribution in [3.8, 4) is 11.1 Å². The summed E-state index contributed by atoms with van der Waals surface area (Å²) < 4.78 is 1.94. The van der Waals surface area contributed by atoms with Gasteiger partial charge in [0.25, 0.3) is 17.7 Å². The van der Waals surface area contributed by atoms with E-state index >= 15 is 0 Å². The smallest absolute Gasteiger partial charge is 0.271 e. The van der Waals surface area contributed by atoms with E-state index in [0.29, 0.717) is 5.69 Å². The van der Waals surface area contributed by atoms with Gasteiger partial charge in [-0.3, -0.25) is 19.1 Å². The number of anilines is 2. The van der Waals surface area contributed by atoms with E-state index in [4.69, 9.17) is 16.6 Å². The van der Waals surface area contributed by atoms with Gasteiger partial charge in [-0.1, -0.05) is 18.2 Å². The van der Waals surface area contributed by atoms with E-state index < -0.39 is 11.8 Å². The van der Waals surface area contributed by atoms with Crippen LogP contribution in [0.4, 0.5) is 11.4 Å². The van der Waals surface area contributed by atoms with Crippen LogP contribution in [0.5, 0.6) is 0 Å². The van der Waals surface area contributed by atoms with E-state index in [1.165, 1.54) is 28.0 Å². The summed E-state index contributed by atoms with van der Waals surface area (Å²) in [5.74, 6) is -3.28. The molecule has 2 aliphatic carbocycles. The Morgan fingerprint density at radius 3 is 2.40 bits per heavy atom. The Balaban J connectivity index is 1.15. The highest BCUT2D eigenvalue weighted by Crippen LogP contribution is 2.49. The molecule has 3 amide bonds. The Bertz CT molecular complexity index is 2010. The van der Waals surface area contributed by atoms with Gasteiger partial charge in [0.15, 0.2) is 0 Å². The minimum Gasteiger partial charge on any atom is -0.393 e. The Morgan fingerprint density at radius 1 is 1.02 bits per heavy atom. The number of pyridine rings is 1. The number of fused-ring (bicyclic) bond motifs is 3. The lowest BCUT2D eigenvalue weighted by atomic mass is 9.93. The predicted octanol–water partition coefficient (Wildman–Crippen LogP) is 1.39. The quantitative estimate of drug-likeness (QED) is 0.0847. The Morgan fingerprint density at radius 2 is 1.74 bits per heavy atom. The van der Waals surface area contributed by atoms with Crippen LogP contribution in [-0.4, -0.2) is 92.8 Å². The second-order valence-corrected chi connectivity index (χ2v) is 14.6. The Kier molecular flexibility index (Phi) is 9.38. The van der Waals surface area contributed by atoms with Gasteiger partial charge < -0.3 is 47.4 Å². The van der Waals surface area contributed by atoms with Crippen LogP contribution < -0.4 is 32.3 Å². The molecule has 1 saturated heterocycles. The van der Waals surface area contributed by atoms with E-state index in [1.807, 2.05) is 36.1 Å². The molecule has 1 atom stereocenters. The van der Waals surface area contributed by atoms with E-state index in [2.05, 4.69) is 32.8 Å². The number of aromatic nitrogens is 3. The fraction of sp³-hybridized carbons (Fsp3) is 0.432. The lowest BCUT2D eigenvalue weighted by molar-refractivity contribution is -0.302. The first-order chi connectivity index (χ1) is 25.2. The molecule has 0 bridgehead atoms. The van der Waals surface area contributed by atoms with Crippen molar-refractivity contribution in [2.24, 2.45) is 17.4 Å². The maximum absolute atomic E-state index is 13.2. The van der Waals surface area contributed by atoms with Gasteiger partial charge in [0.2, 0.25) is 5.91 Å². The SMILES string of the molecule is CC1c2c(cnn2C2CN(C(O)(O)c3cccc(C(=O)N(C)C)n3)C2)-c2cccc(NC(/C=C(\N)NC(=O)C3CC3)=C(/N)C(=O)NC3CCC3)c2N1C. The average Bonchev–Trinajstić information content (AvgIpc) is 3.86. The molecule has 16 nitrogen and oxygen atoms in total. The van der Waals surface area contributed by atoms with Crippen molar-refractivity contribution in [2.75, 3.05) is 44.4 Å². The number of para-hydroxylation sites is 1. The van der Waals surface area contributed by atoms with Crippen LogP contribution in [0.15, 0.2) is 65.9 Å². The normalized spacial score (nSPS) is 19.6. The molecule has 1 aromatic carbocycles. The van der Waals surface area contributed by atoms with Crippen LogP contribution in [0.3, 0.4) is 0 Å². The topological polar surface area (TPSA) is 220 Å². The summed E-state index contributed by atoms with van der Waals surface area (Å²) in [6, 6.07) is 10.1. The number of aliphatic hydroxyl groups is 2. The molecule has 4 aliphatic rings. The van der Waals surface area contributed by atoms with Crippen LogP contribution in [0.25, 0.3) is 11.1 Å². The lowest BCUT2D eigenvalue weighted by Gasteiger charge is -2.47. The molecular weight excluding hydrogens is 678 g/mol. The summed E-state index contributed by atoms with van der Waals surface area (Å²) in [5, 5.41) is 36.2. The molecule has 2 aromatic heterocycles. The molecule has 2 saturated carbocycles. The number of carbonyl (C=O) groups excluding carboxylic acids is 3. The Labute approximate surface area is 307 Å². The zero-order valence-corrected chi connectivity index (χ0v) is 30.3. The van der Waals surface area contributed by atoms with Gasteiger partial charge in [0.05, 0.1) is 41.0 Å². The molecule has 1 unspecified atom stereocenters. The molecular formula is C37H47N11O5. The van der Waals surface area contributed by atoms with Gasteiger partial charge in [0.1, 0.15) is 22.9 Å². The van der Waals surface area contributed by atoms with Crippen molar-refractivity contribution >= 4 is 29.1 Å². The summed E-state index contributed by atoms with van der Waals surface area (Å²) in [6.45, 7) is 2.62. The van der Waals surface area contributed by atoms with E-state index in [1.54, 1.807) is 20.2 Å². The number of rotatable bonds is 11. The molecule has 280 valence electrons. The number of benzene rings is 1. The van der Waals surface area contributed by atoms with Gasteiger partial charge in [-0.15, -0.1) is 0 Å². The molecule has 7 rings (SSSR count). The van der Waals surface area contributed by atoms with E-state index in [9.17, 15) is 24.6 Å². The number of likely N-dealkylation sites (tertiary alicyclic amines) is 1. The molecule has 16 heteroatoms. The summed E-state index contributed by atoms with van der Waals surface area (Å²) in [7, 11) is 5.18. The molecule has 9 N–H and O–H groups in total. The highest BCUT2D eigenvalue weighted by molar-refractivity contribution is 5.96. The fourth-order valence-corrected chi connectivity index (χ4v) is 6.95. The Hall–Kier alpha value is -5.45. The van der Waals surface area contributed by atoms with Gasteiger partial charge >= 0.3 is 0 Å². The number of amides is 3. The molecule has 3 fully saturated rings. The maximum atomic E-state index is 13.2. The van der Waals surface area contributed by atoms with E-state index in [-0.39, 0.29) is 77.6 Å². The van der Waals surface area contributed by atoms with Crippen LogP contribution in [0, 0.1) is 5.92 Å². The number of nitrogens with two attached hydrogens (primary N) is 2. The number of nitrogens with one attached hydrogen (secondary N) is 3. The monoisotopic (exact) mass is 725 g/mol. The molecule has 0 radical (unpaired) electrons. The van der Waals surface area contributed by atoms with Crippen molar-refractivity contribution in [1.29, 1.82) is 0 Å². The highest BCUT2D eigenvalue weighted by atomic mass is 16.5. The number of carbonyl (C=O) groups is 3. The minimum atomic E-state index is -2.39. The maximum Gasteiger partial charge on any atom is 0.271 e. The molecule has 2 aliphatic heterocycles. The van der Waals surface area contributed by atoms with Crippen molar-refractivity contribution in [1.82, 2.24) is 35.2 Å². The van der Waals surface area contributed by atoms with Crippen molar-refractivity contribution in [2.45, 2.75) is 63.1 Å². The fourth-order valence-electron chi connectivity index (χ4n) is 6.95. The van der Waals surface area contributed by atoms with Gasteiger partial charge in [-0.05, 0) is 57.2 Å². The number of nitrogens with zero attached hydrogens (tertiary/aromatic N) is 6.